The molecular weight excluding hydrogens is 324 g/mol. The average molecular weight is 340 g/mol. The number of hydrogen-bond donors (Lipinski definition) is 2. The van der Waals surface area contributed by atoms with E-state index in [9.17, 15) is 4.79 Å². The van der Waals surface area contributed by atoms with Crippen LogP contribution in [0.2, 0.25) is 0 Å². The van der Waals surface area contributed by atoms with E-state index in [-0.39, 0.29) is 5.56 Å². The van der Waals surface area contributed by atoms with Crippen molar-refractivity contribution in [3.05, 3.63) is 58.0 Å². The maximum Gasteiger partial charge on any atom is 0.335 e. The Morgan fingerprint density at radius 2 is 2.00 bits per heavy atom. The highest BCUT2D eigenvalue weighted by Crippen LogP contribution is 2.17. The van der Waals surface area contributed by atoms with Gasteiger partial charge in [-0.3, -0.25) is 4.98 Å². The third-order valence-corrected chi connectivity index (χ3v) is 4.44. The summed E-state index contributed by atoms with van der Waals surface area (Å²) >= 11 is 1.78. The van der Waals surface area contributed by atoms with E-state index in [1.54, 1.807) is 23.6 Å². The number of nitrogens with one attached hydrogen (secondary N) is 1. The van der Waals surface area contributed by atoms with Crippen LogP contribution in [-0.2, 0) is 6.42 Å². The predicted molar refractivity (Wildman–Crippen MR) is 93.5 cm³/mol. The Kier molecular flexibility index (Phi) is 4.81. The zero-order chi connectivity index (χ0) is 16.9. The van der Waals surface area contributed by atoms with Gasteiger partial charge in [0.25, 0.3) is 0 Å². The molecule has 0 aliphatic heterocycles. The smallest absolute Gasteiger partial charge is 0.335 e. The minimum atomic E-state index is -0.989. The van der Waals surface area contributed by atoms with E-state index in [0.29, 0.717) is 17.3 Å². The Morgan fingerprint density at radius 3 is 2.75 bits per heavy atom. The Labute approximate surface area is 143 Å². The molecule has 122 valence electrons. The second kappa shape index (κ2) is 7.18. The van der Waals surface area contributed by atoms with Gasteiger partial charge in [-0.05, 0) is 43.7 Å². The van der Waals surface area contributed by atoms with Gasteiger partial charge in [0.15, 0.2) is 0 Å². The van der Waals surface area contributed by atoms with Crippen LogP contribution in [0.3, 0.4) is 0 Å². The molecule has 0 bridgehead atoms. The molecule has 0 spiro atoms. The largest absolute Gasteiger partial charge is 0.478 e. The van der Waals surface area contributed by atoms with Crippen molar-refractivity contribution in [3.8, 4) is 11.4 Å². The van der Waals surface area contributed by atoms with Crippen molar-refractivity contribution in [2.45, 2.75) is 13.3 Å². The lowest BCUT2D eigenvalue weighted by atomic mass is 10.2. The first-order valence-corrected chi connectivity index (χ1v) is 8.25. The maximum absolute atomic E-state index is 11.1. The molecule has 0 radical (unpaired) electrons. The summed E-state index contributed by atoms with van der Waals surface area (Å²) in [6.07, 6.45) is 4.00. The first-order valence-electron chi connectivity index (χ1n) is 7.44. The van der Waals surface area contributed by atoms with Gasteiger partial charge in [-0.2, -0.15) is 0 Å². The number of thiophene rings is 1. The quantitative estimate of drug-likeness (QED) is 0.716. The number of rotatable bonds is 6. The van der Waals surface area contributed by atoms with E-state index < -0.39 is 5.97 Å². The summed E-state index contributed by atoms with van der Waals surface area (Å²) in [6, 6.07) is 8.90. The molecule has 0 aliphatic carbocycles. The molecule has 0 unspecified atom stereocenters. The van der Waals surface area contributed by atoms with Gasteiger partial charge < -0.3 is 10.4 Å². The lowest BCUT2D eigenvalue weighted by molar-refractivity contribution is 0.0697. The van der Waals surface area contributed by atoms with Crippen LogP contribution in [0.5, 0.6) is 0 Å². The van der Waals surface area contributed by atoms with E-state index in [1.165, 1.54) is 28.1 Å². The number of carboxylic acids is 1. The number of aromatic carboxylic acids is 1. The fourth-order valence-corrected chi connectivity index (χ4v) is 3.10. The van der Waals surface area contributed by atoms with Crippen LogP contribution in [0.4, 0.5) is 5.95 Å². The van der Waals surface area contributed by atoms with Crippen molar-refractivity contribution >= 4 is 23.3 Å². The molecule has 0 saturated carbocycles. The van der Waals surface area contributed by atoms with Gasteiger partial charge in [0.2, 0.25) is 5.95 Å². The summed E-state index contributed by atoms with van der Waals surface area (Å²) in [4.78, 5) is 26.5. The molecule has 6 nitrogen and oxygen atoms in total. The minimum Gasteiger partial charge on any atom is -0.478 e. The summed E-state index contributed by atoms with van der Waals surface area (Å²) in [5.74, 6) is -0.486. The zero-order valence-electron chi connectivity index (χ0n) is 13.1. The molecule has 3 heterocycles. The van der Waals surface area contributed by atoms with Crippen LogP contribution in [0.25, 0.3) is 11.4 Å². The molecule has 0 saturated heterocycles. The molecule has 0 aromatic carbocycles. The zero-order valence-corrected chi connectivity index (χ0v) is 13.9. The molecule has 3 aromatic rings. The summed E-state index contributed by atoms with van der Waals surface area (Å²) in [6.45, 7) is 2.82. The van der Waals surface area contributed by atoms with Crippen LogP contribution in [-0.4, -0.2) is 32.6 Å². The molecular formula is C17H16N4O2S. The number of aryl methyl sites for hydroxylation is 1. The van der Waals surface area contributed by atoms with Crippen molar-refractivity contribution < 1.29 is 9.90 Å². The number of pyridine rings is 1. The Bertz CT molecular complexity index is 863. The third-order valence-electron chi connectivity index (χ3n) is 3.38. The average Bonchev–Trinajstić information content (AvgIpc) is 3.00. The van der Waals surface area contributed by atoms with Gasteiger partial charge in [-0.25, -0.2) is 14.8 Å². The molecule has 0 atom stereocenters. The fourth-order valence-electron chi connectivity index (χ4n) is 2.21. The first-order chi connectivity index (χ1) is 11.6. The van der Waals surface area contributed by atoms with E-state index in [2.05, 4.69) is 39.3 Å². The molecule has 3 rings (SSSR count). The molecule has 0 aliphatic rings. The lowest BCUT2D eigenvalue weighted by Gasteiger charge is -2.06. The summed E-state index contributed by atoms with van der Waals surface area (Å²) in [7, 11) is 0. The first kappa shape index (κ1) is 16.1. The van der Waals surface area contributed by atoms with Crippen LogP contribution in [0.1, 0.15) is 20.1 Å². The van der Waals surface area contributed by atoms with Crippen molar-refractivity contribution in [1.82, 2.24) is 15.0 Å². The molecule has 0 amide bonds. The van der Waals surface area contributed by atoms with E-state index in [1.807, 2.05) is 0 Å². The van der Waals surface area contributed by atoms with Gasteiger partial charge in [0.1, 0.15) is 0 Å². The van der Waals surface area contributed by atoms with Crippen molar-refractivity contribution in [2.24, 2.45) is 0 Å². The molecule has 7 heteroatoms. The van der Waals surface area contributed by atoms with E-state index >= 15 is 0 Å². The maximum atomic E-state index is 11.1. The highest BCUT2D eigenvalue weighted by atomic mass is 32.1. The third kappa shape index (κ3) is 3.94. The summed E-state index contributed by atoms with van der Waals surface area (Å²) in [5, 5.41) is 12.3. The van der Waals surface area contributed by atoms with Crippen LogP contribution >= 0.6 is 11.3 Å². The summed E-state index contributed by atoms with van der Waals surface area (Å²) < 4.78 is 0. The van der Waals surface area contributed by atoms with Gasteiger partial charge in [0.05, 0.1) is 17.0 Å². The Balaban J connectivity index is 1.69. The molecule has 24 heavy (non-hydrogen) atoms. The van der Waals surface area contributed by atoms with Crippen molar-refractivity contribution in [1.29, 1.82) is 0 Å². The lowest BCUT2D eigenvalue weighted by Crippen LogP contribution is -2.07. The number of aromatic nitrogens is 3. The van der Waals surface area contributed by atoms with Gasteiger partial charge in [-0.15, -0.1) is 11.3 Å². The van der Waals surface area contributed by atoms with Crippen molar-refractivity contribution in [3.63, 3.8) is 0 Å². The fraction of sp³-hybridized carbons (Fsp3) is 0.176. The highest BCUT2D eigenvalue weighted by molar-refractivity contribution is 7.11. The standard InChI is InChI=1S/C17H16N4O2S/c1-11-2-3-13(24-11)5-8-19-17-20-9-6-14(21-17)15-10-12(16(22)23)4-7-18-15/h2-4,6-7,9-10H,5,8H2,1H3,(H,22,23)(H,19,20,21). The highest BCUT2D eigenvalue weighted by Gasteiger charge is 2.08. The minimum absolute atomic E-state index is 0.182. The number of anilines is 1. The van der Waals surface area contributed by atoms with E-state index in [4.69, 9.17) is 5.11 Å². The monoisotopic (exact) mass is 340 g/mol. The van der Waals surface area contributed by atoms with E-state index in [0.717, 1.165) is 13.0 Å². The predicted octanol–water partition coefficient (Wildman–Crippen LogP) is 3.26. The second-order valence-corrected chi connectivity index (χ2v) is 6.56. The van der Waals surface area contributed by atoms with Gasteiger partial charge in [0, 0.05) is 28.7 Å². The number of carbonyl (C=O) groups is 1. The van der Waals surface area contributed by atoms with Gasteiger partial charge >= 0.3 is 5.97 Å². The number of nitrogens with zero attached hydrogens (tertiary/aromatic N) is 3. The van der Waals surface area contributed by atoms with Crippen LogP contribution in [0.15, 0.2) is 42.7 Å². The second-order valence-electron chi connectivity index (χ2n) is 5.19. The number of carboxylic acid groups (broad SMARTS) is 1. The molecule has 2 N–H and O–H groups in total. The van der Waals surface area contributed by atoms with Crippen LogP contribution in [0, 0.1) is 6.92 Å². The molecule has 3 aromatic heterocycles. The Hall–Kier alpha value is -2.80. The topological polar surface area (TPSA) is 88.0 Å². The number of hydrogen-bond acceptors (Lipinski definition) is 6. The Morgan fingerprint density at radius 1 is 1.17 bits per heavy atom. The summed E-state index contributed by atoms with van der Waals surface area (Å²) in [5.41, 5.74) is 1.28. The SMILES string of the molecule is Cc1ccc(CCNc2nccc(-c3cc(C(=O)O)ccn3)n2)s1. The van der Waals surface area contributed by atoms with Gasteiger partial charge in [-0.1, -0.05) is 0 Å². The van der Waals surface area contributed by atoms with Crippen LogP contribution < -0.4 is 5.32 Å². The van der Waals surface area contributed by atoms with Crippen molar-refractivity contribution in [2.75, 3.05) is 11.9 Å². The normalized spacial score (nSPS) is 10.5. The molecule has 0 fully saturated rings.